The molecule has 1 heteroatoms. The SMILES string of the molecule is CCCC(C)(C)C1CC(C)(C(C)(C)N)C1. The van der Waals surface area contributed by atoms with Gasteiger partial charge in [-0.3, -0.25) is 0 Å². The van der Waals surface area contributed by atoms with E-state index in [0.29, 0.717) is 10.8 Å². The number of nitrogens with two attached hydrogens (primary N) is 1. The van der Waals surface area contributed by atoms with Gasteiger partial charge in [-0.2, -0.15) is 0 Å². The predicted molar refractivity (Wildman–Crippen MR) is 67.8 cm³/mol. The van der Waals surface area contributed by atoms with Crippen molar-refractivity contribution in [3.8, 4) is 0 Å². The smallest absolute Gasteiger partial charge is 0.0151 e. The summed E-state index contributed by atoms with van der Waals surface area (Å²) >= 11 is 0. The Morgan fingerprint density at radius 1 is 1.20 bits per heavy atom. The molecular formula is C14H29N. The first-order chi connectivity index (χ1) is 6.62. The van der Waals surface area contributed by atoms with Crippen LogP contribution in [0.2, 0.25) is 0 Å². The first-order valence-corrected chi connectivity index (χ1v) is 6.41. The van der Waals surface area contributed by atoms with Gasteiger partial charge in [-0.05, 0) is 49.9 Å². The highest BCUT2D eigenvalue weighted by atomic mass is 14.8. The van der Waals surface area contributed by atoms with E-state index in [2.05, 4.69) is 41.5 Å². The Bertz CT molecular complexity index is 216. The summed E-state index contributed by atoms with van der Waals surface area (Å²) in [6.07, 6.45) is 5.26. The summed E-state index contributed by atoms with van der Waals surface area (Å²) in [5, 5.41) is 0. The molecule has 0 aromatic rings. The minimum atomic E-state index is -0.0220. The second-order valence-corrected chi connectivity index (χ2v) is 7.13. The molecule has 1 saturated carbocycles. The van der Waals surface area contributed by atoms with Crippen LogP contribution in [0.5, 0.6) is 0 Å². The Morgan fingerprint density at radius 2 is 1.67 bits per heavy atom. The number of hydrogen-bond acceptors (Lipinski definition) is 1. The Hall–Kier alpha value is -0.0400. The van der Waals surface area contributed by atoms with Gasteiger partial charge in [0.05, 0.1) is 0 Å². The monoisotopic (exact) mass is 211 g/mol. The maximum atomic E-state index is 6.25. The van der Waals surface area contributed by atoms with Crippen molar-refractivity contribution in [3.05, 3.63) is 0 Å². The van der Waals surface area contributed by atoms with Gasteiger partial charge in [0.15, 0.2) is 0 Å². The standard InChI is InChI=1S/C14H29N/c1-7-8-12(2,3)11-9-14(6,10-11)13(4,5)15/h11H,7-10,15H2,1-6H3. The summed E-state index contributed by atoms with van der Waals surface area (Å²) < 4.78 is 0. The molecule has 1 rings (SSSR count). The zero-order valence-corrected chi connectivity index (χ0v) is 11.5. The molecule has 0 aromatic carbocycles. The topological polar surface area (TPSA) is 26.0 Å². The van der Waals surface area contributed by atoms with Crippen LogP contribution in [0.15, 0.2) is 0 Å². The van der Waals surface area contributed by atoms with Crippen molar-refractivity contribution in [2.45, 2.75) is 72.8 Å². The van der Waals surface area contributed by atoms with E-state index in [9.17, 15) is 0 Å². The molecule has 1 fully saturated rings. The lowest BCUT2D eigenvalue weighted by Gasteiger charge is -2.58. The fourth-order valence-corrected chi connectivity index (χ4v) is 2.96. The quantitative estimate of drug-likeness (QED) is 0.748. The maximum Gasteiger partial charge on any atom is 0.0151 e. The summed E-state index contributed by atoms with van der Waals surface area (Å²) in [5.74, 6) is 0.880. The molecule has 0 unspecified atom stereocenters. The van der Waals surface area contributed by atoms with Gasteiger partial charge < -0.3 is 5.73 Å². The van der Waals surface area contributed by atoms with Crippen molar-refractivity contribution in [2.24, 2.45) is 22.5 Å². The van der Waals surface area contributed by atoms with Gasteiger partial charge in [0, 0.05) is 5.54 Å². The molecule has 15 heavy (non-hydrogen) atoms. The van der Waals surface area contributed by atoms with E-state index < -0.39 is 0 Å². The van der Waals surface area contributed by atoms with Gasteiger partial charge in [0.1, 0.15) is 0 Å². The fraction of sp³-hybridized carbons (Fsp3) is 1.00. The van der Waals surface area contributed by atoms with Gasteiger partial charge >= 0.3 is 0 Å². The van der Waals surface area contributed by atoms with Gasteiger partial charge in [-0.1, -0.05) is 34.1 Å². The predicted octanol–water partition coefficient (Wildman–Crippen LogP) is 3.97. The third kappa shape index (κ3) is 2.38. The number of hydrogen-bond donors (Lipinski definition) is 1. The fourth-order valence-electron chi connectivity index (χ4n) is 2.96. The van der Waals surface area contributed by atoms with E-state index in [0.717, 1.165) is 5.92 Å². The summed E-state index contributed by atoms with van der Waals surface area (Å²) in [6, 6.07) is 0. The van der Waals surface area contributed by atoms with Crippen molar-refractivity contribution in [2.75, 3.05) is 0 Å². The molecule has 1 nitrogen and oxygen atoms in total. The van der Waals surface area contributed by atoms with Crippen LogP contribution in [0.25, 0.3) is 0 Å². The van der Waals surface area contributed by atoms with E-state index in [1.807, 2.05) is 0 Å². The van der Waals surface area contributed by atoms with Crippen LogP contribution in [-0.2, 0) is 0 Å². The van der Waals surface area contributed by atoms with Crippen LogP contribution in [0, 0.1) is 16.7 Å². The summed E-state index contributed by atoms with van der Waals surface area (Å²) in [5.41, 5.74) is 7.11. The molecule has 1 aliphatic rings. The van der Waals surface area contributed by atoms with Gasteiger partial charge in [0.2, 0.25) is 0 Å². The lowest BCUT2D eigenvalue weighted by Crippen LogP contribution is -2.58. The van der Waals surface area contributed by atoms with Crippen LogP contribution in [0.1, 0.15) is 67.2 Å². The Balaban J connectivity index is 2.57. The van der Waals surface area contributed by atoms with Crippen molar-refractivity contribution in [1.82, 2.24) is 0 Å². The highest BCUT2D eigenvalue weighted by Crippen LogP contribution is 2.58. The van der Waals surface area contributed by atoms with Crippen LogP contribution in [0.4, 0.5) is 0 Å². The molecule has 0 aromatic heterocycles. The van der Waals surface area contributed by atoms with Crippen LogP contribution in [0.3, 0.4) is 0 Å². The van der Waals surface area contributed by atoms with Gasteiger partial charge in [0.25, 0.3) is 0 Å². The van der Waals surface area contributed by atoms with Crippen LogP contribution >= 0.6 is 0 Å². The average molecular weight is 211 g/mol. The minimum absolute atomic E-state index is 0.0220. The molecule has 0 atom stereocenters. The molecule has 90 valence electrons. The van der Waals surface area contributed by atoms with Gasteiger partial charge in [-0.15, -0.1) is 0 Å². The van der Waals surface area contributed by atoms with Crippen LogP contribution in [-0.4, -0.2) is 5.54 Å². The summed E-state index contributed by atoms with van der Waals surface area (Å²) in [6.45, 7) is 13.8. The molecule has 0 bridgehead atoms. The Labute approximate surface area is 95.8 Å². The van der Waals surface area contributed by atoms with Crippen molar-refractivity contribution < 1.29 is 0 Å². The van der Waals surface area contributed by atoms with E-state index >= 15 is 0 Å². The van der Waals surface area contributed by atoms with Crippen LogP contribution < -0.4 is 5.73 Å². The van der Waals surface area contributed by atoms with Gasteiger partial charge in [-0.25, -0.2) is 0 Å². The second kappa shape index (κ2) is 3.76. The second-order valence-electron chi connectivity index (χ2n) is 7.13. The molecule has 2 N–H and O–H groups in total. The molecule has 0 amide bonds. The molecule has 0 saturated heterocycles. The van der Waals surface area contributed by atoms with E-state index in [4.69, 9.17) is 5.73 Å². The minimum Gasteiger partial charge on any atom is -0.325 e. The Morgan fingerprint density at radius 3 is 2.00 bits per heavy atom. The van der Waals surface area contributed by atoms with E-state index in [-0.39, 0.29) is 5.54 Å². The van der Waals surface area contributed by atoms with E-state index in [1.54, 1.807) is 0 Å². The molecular weight excluding hydrogens is 182 g/mol. The van der Waals surface area contributed by atoms with E-state index in [1.165, 1.54) is 25.7 Å². The first-order valence-electron chi connectivity index (χ1n) is 6.41. The molecule has 0 radical (unpaired) electrons. The lowest BCUT2D eigenvalue weighted by atomic mass is 9.49. The largest absolute Gasteiger partial charge is 0.325 e. The third-order valence-electron chi connectivity index (χ3n) is 4.95. The third-order valence-corrected chi connectivity index (χ3v) is 4.95. The maximum absolute atomic E-state index is 6.25. The zero-order valence-electron chi connectivity index (χ0n) is 11.5. The van der Waals surface area contributed by atoms with Crippen molar-refractivity contribution in [1.29, 1.82) is 0 Å². The molecule has 0 spiro atoms. The average Bonchev–Trinajstić information content (AvgIpc) is 1.95. The molecule has 1 aliphatic carbocycles. The van der Waals surface area contributed by atoms with Crippen molar-refractivity contribution in [3.63, 3.8) is 0 Å². The van der Waals surface area contributed by atoms with Crippen molar-refractivity contribution >= 4 is 0 Å². The lowest BCUT2D eigenvalue weighted by molar-refractivity contribution is -0.0547. The summed E-state index contributed by atoms with van der Waals surface area (Å²) in [7, 11) is 0. The normalized spacial score (nSPS) is 32.6. The molecule has 0 heterocycles. The number of rotatable bonds is 4. The first kappa shape index (κ1) is 13.0. The molecule has 0 aliphatic heterocycles. The highest BCUT2D eigenvalue weighted by molar-refractivity contribution is 5.05. The zero-order chi connectivity index (χ0) is 11.9. The highest BCUT2D eigenvalue weighted by Gasteiger charge is 2.52. The Kier molecular flexibility index (Phi) is 3.27. The summed E-state index contributed by atoms with van der Waals surface area (Å²) in [4.78, 5) is 0.